The summed E-state index contributed by atoms with van der Waals surface area (Å²) in [7, 11) is 0. The van der Waals surface area contributed by atoms with Gasteiger partial charge in [0, 0.05) is 6.42 Å². The first-order chi connectivity index (χ1) is 10.2. The predicted molar refractivity (Wildman–Crippen MR) is 84.0 cm³/mol. The molecular weight excluding hydrogens is 327 g/mol. The highest BCUT2D eigenvalue weighted by atomic mass is 35.5. The van der Waals surface area contributed by atoms with E-state index in [9.17, 15) is 9.59 Å². The third-order valence-electron chi connectivity index (χ3n) is 4.01. The van der Waals surface area contributed by atoms with Crippen LogP contribution in [0, 0.1) is 5.41 Å². The normalized spacial score (nSPS) is 24.0. The van der Waals surface area contributed by atoms with Crippen LogP contribution < -0.4 is 5.56 Å². The van der Waals surface area contributed by atoms with Crippen LogP contribution >= 0.6 is 23.2 Å². The molecule has 0 aliphatic heterocycles. The summed E-state index contributed by atoms with van der Waals surface area (Å²) in [6.07, 6.45) is -0.359. The number of fused-ring (bicyclic) bond motifs is 1. The lowest BCUT2D eigenvalue weighted by atomic mass is 10.1. The second-order valence-corrected chi connectivity index (χ2v) is 7.21. The van der Waals surface area contributed by atoms with Crippen molar-refractivity contribution >= 4 is 40.1 Å². The monoisotopic (exact) mass is 340 g/mol. The summed E-state index contributed by atoms with van der Waals surface area (Å²) < 4.78 is 4.27. The zero-order chi connectivity index (χ0) is 16.1. The average Bonchev–Trinajstić information content (AvgIpc) is 2.99. The highest BCUT2D eigenvalue weighted by molar-refractivity contribution is 6.53. The number of carbonyl (C=O) groups excluding carboxylic acids is 1. The number of para-hydroxylation sites is 1. The maximum absolute atomic E-state index is 12.2. The molecule has 3 rings (SSSR count). The molecule has 0 spiro atoms. The molecule has 1 saturated carbocycles. The molecule has 0 unspecified atom stereocenters. The van der Waals surface area contributed by atoms with Crippen LogP contribution in [0.4, 0.5) is 0 Å². The maximum Gasteiger partial charge on any atom is 0.315 e. The van der Waals surface area contributed by atoms with E-state index < -0.39 is 21.8 Å². The van der Waals surface area contributed by atoms with Crippen molar-refractivity contribution in [3.8, 4) is 0 Å². The lowest BCUT2D eigenvalue weighted by molar-refractivity contribution is -0.155. The summed E-state index contributed by atoms with van der Waals surface area (Å²) in [4.78, 5) is 31.2. The zero-order valence-electron chi connectivity index (χ0n) is 12.0. The number of halogens is 2. The Morgan fingerprint density at radius 3 is 2.68 bits per heavy atom. The number of rotatable bonds is 3. The number of hydrogen-bond acceptors (Lipinski definition) is 4. The number of nitrogens with zero attached hydrogens (tertiary/aromatic N) is 1. The quantitative estimate of drug-likeness (QED) is 0.688. The van der Waals surface area contributed by atoms with Gasteiger partial charge in [0.05, 0.1) is 10.9 Å². The minimum absolute atomic E-state index is 0.273. The van der Waals surface area contributed by atoms with Crippen LogP contribution in [0.15, 0.2) is 29.1 Å². The molecule has 1 N–H and O–H groups in total. The van der Waals surface area contributed by atoms with E-state index >= 15 is 0 Å². The number of nitrogens with one attached hydrogen (secondary N) is 1. The molecule has 1 fully saturated rings. The highest BCUT2D eigenvalue weighted by Gasteiger charge is 2.69. The van der Waals surface area contributed by atoms with Gasteiger partial charge < -0.3 is 9.72 Å². The summed E-state index contributed by atoms with van der Waals surface area (Å²) in [6, 6.07) is 6.96. The van der Waals surface area contributed by atoms with Crippen LogP contribution in [0.2, 0.25) is 0 Å². The Morgan fingerprint density at radius 2 is 2.05 bits per heavy atom. The fourth-order valence-electron chi connectivity index (χ4n) is 2.26. The fraction of sp³-hybridized carbons (Fsp3) is 0.400. The Kier molecular flexibility index (Phi) is 3.45. The van der Waals surface area contributed by atoms with E-state index in [1.54, 1.807) is 38.1 Å². The van der Waals surface area contributed by atoms with Crippen LogP contribution in [-0.4, -0.2) is 20.3 Å². The molecule has 1 aliphatic rings. The number of carbonyl (C=O) groups is 1. The number of alkyl halides is 2. The third kappa shape index (κ3) is 2.38. The Labute approximate surface area is 136 Å². The molecule has 0 radical (unpaired) electrons. The Hall–Kier alpha value is -1.59. The van der Waals surface area contributed by atoms with Gasteiger partial charge in [-0.3, -0.25) is 9.59 Å². The molecule has 1 aromatic carbocycles. The number of aromatic amines is 1. The summed E-state index contributed by atoms with van der Waals surface area (Å²) >= 11 is 11.9. The number of H-pyrrole nitrogens is 1. The van der Waals surface area contributed by atoms with Crippen molar-refractivity contribution in [2.45, 2.75) is 30.7 Å². The molecule has 1 aliphatic carbocycles. The van der Waals surface area contributed by atoms with E-state index in [1.165, 1.54) is 0 Å². The third-order valence-corrected chi connectivity index (χ3v) is 5.11. The SMILES string of the molecule is C[C@@H](OC(=O)[C@@]1(C)CC1(Cl)Cl)c1nc2ccccc2c(=O)[nH]1. The first-order valence-electron chi connectivity index (χ1n) is 6.82. The van der Waals surface area contributed by atoms with E-state index in [1.807, 2.05) is 0 Å². The van der Waals surface area contributed by atoms with E-state index in [0.717, 1.165) is 0 Å². The average molecular weight is 341 g/mol. The van der Waals surface area contributed by atoms with Crippen molar-refractivity contribution in [1.29, 1.82) is 0 Å². The van der Waals surface area contributed by atoms with Crippen molar-refractivity contribution in [2.24, 2.45) is 5.41 Å². The van der Waals surface area contributed by atoms with Gasteiger partial charge in [-0.05, 0) is 26.0 Å². The minimum Gasteiger partial charge on any atom is -0.454 e. The van der Waals surface area contributed by atoms with Crippen LogP contribution in [0.5, 0.6) is 0 Å². The smallest absolute Gasteiger partial charge is 0.315 e. The lowest BCUT2D eigenvalue weighted by Crippen LogP contribution is -2.24. The van der Waals surface area contributed by atoms with Crippen molar-refractivity contribution in [2.75, 3.05) is 0 Å². The van der Waals surface area contributed by atoms with Crippen molar-refractivity contribution in [3.05, 3.63) is 40.4 Å². The topological polar surface area (TPSA) is 72.0 Å². The van der Waals surface area contributed by atoms with Crippen LogP contribution in [-0.2, 0) is 9.53 Å². The van der Waals surface area contributed by atoms with Gasteiger partial charge in [-0.15, -0.1) is 23.2 Å². The summed E-state index contributed by atoms with van der Waals surface area (Å²) in [5.41, 5.74) is -0.641. The largest absolute Gasteiger partial charge is 0.454 e. The van der Waals surface area contributed by atoms with Gasteiger partial charge in [0.2, 0.25) is 0 Å². The number of benzene rings is 1. The van der Waals surface area contributed by atoms with Gasteiger partial charge in [0.15, 0.2) is 11.9 Å². The van der Waals surface area contributed by atoms with Gasteiger partial charge >= 0.3 is 5.97 Å². The molecule has 1 aromatic heterocycles. The first-order valence-corrected chi connectivity index (χ1v) is 7.58. The van der Waals surface area contributed by atoms with E-state index in [0.29, 0.717) is 17.3 Å². The van der Waals surface area contributed by atoms with Crippen molar-refractivity contribution < 1.29 is 9.53 Å². The van der Waals surface area contributed by atoms with Gasteiger partial charge in [-0.2, -0.15) is 0 Å². The molecule has 116 valence electrons. The van der Waals surface area contributed by atoms with Gasteiger partial charge in [0.25, 0.3) is 5.56 Å². The van der Waals surface area contributed by atoms with Crippen LogP contribution in [0.25, 0.3) is 10.9 Å². The van der Waals surface area contributed by atoms with E-state index in [4.69, 9.17) is 27.9 Å². The predicted octanol–water partition coefficient (Wildman–Crippen LogP) is 3.11. The van der Waals surface area contributed by atoms with Gasteiger partial charge in [0.1, 0.15) is 9.75 Å². The number of hydrogen-bond donors (Lipinski definition) is 1. The van der Waals surface area contributed by atoms with Gasteiger partial charge in [-0.25, -0.2) is 4.98 Å². The molecule has 1 heterocycles. The van der Waals surface area contributed by atoms with Crippen molar-refractivity contribution in [1.82, 2.24) is 9.97 Å². The maximum atomic E-state index is 12.2. The van der Waals surface area contributed by atoms with Crippen molar-refractivity contribution in [3.63, 3.8) is 0 Å². The molecular formula is C15H14Cl2N2O3. The summed E-state index contributed by atoms with van der Waals surface area (Å²) in [5.74, 6) is -0.211. The number of aromatic nitrogens is 2. The lowest BCUT2D eigenvalue weighted by Gasteiger charge is -2.17. The van der Waals surface area contributed by atoms with E-state index in [2.05, 4.69) is 9.97 Å². The molecule has 0 bridgehead atoms. The Bertz CT molecular complexity index is 818. The minimum atomic E-state index is -1.09. The molecule has 7 heteroatoms. The molecule has 5 nitrogen and oxygen atoms in total. The number of esters is 1. The van der Waals surface area contributed by atoms with Gasteiger partial charge in [-0.1, -0.05) is 12.1 Å². The van der Waals surface area contributed by atoms with Crippen LogP contribution in [0.3, 0.4) is 0 Å². The fourth-order valence-corrected chi connectivity index (χ4v) is 2.95. The van der Waals surface area contributed by atoms with Crippen LogP contribution in [0.1, 0.15) is 32.2 Å². The highest BCUT2D eigenvalue weighted by Crippen LogP contribution is 2.64. The summed E-state index contributed by atoms with van der Waals surface area (Å²) in [6.45, 7) is 3.29. The second kappa shape index (κ2) is 4.96. The second-order valence-electron chi connectivity index (χ2n) is 5.73. The molecule has 2 atom stereocenters. The molecule has 22 heavy (non-hydrogen) atoms. The van der Waals surface area contributed by atoms with E-state index in [-0.39, 0.29) is 11.4 Å². The summed E-state index contributed by atoms with van der Waals surface area (Å²) in [5, 5.41) is 0.486. The Morgan fingerprint density at radius 1 is 1.41 bits per heavy atom. The Balaban J connectivity index is 1.86. The molecule has 2 aromatic rings. The zero-order valence-corrected chi connectivity index (χ0v) is 13.5. The molecule has 0 saturated heterocycles. The number of ether oxygens (including phenoxy) is 1. The standard InChI is InChI=1S/C15H14Cl2N2O3/c1-8(22-13(21)14(2)7-15(14,16)17)11-18-10-6-4-3-5-9(10)12(20)19-11/h3-6,8H,7H2,1-2H3,(H,18,19,20)/t8-,14-/m1/s1. The molecule has 0 amide bonds. The first kappa shape index (κ1) is 15.3.